The summed E-state index contributed by atoms with van der Waals surface area (Å²) in [6.45, 7) is 3.15. The van der Waals surface area contributed by atoms with E-state index in [1.807, 2.05) is 19.1 Å². The smallest absolute Gasteiger partial charge is 0.261 e. The zero-order valence-corrected chi connectivity index (χ0v) is 16.0. The van der Waals surface area contributed by atoms with Crippen LogP contribution in [-0.4, -0.2) is 33.6 Å². The molecule has 1 N–H and O–H groups in total. The van der Waals surface area contributed by atoms with Crippen LogP contribution < -0.4 is 9.62 Å². The van der Waals surface area contributed by atoms with Gasteiger partial charge < -0.3 is 9.64 Å². The quantitative estimate of drug-likeness (QED) is 0.877. The van der Waals surface area contributed by atoms with Crippen LogP contribution in [0.4, 0.5) is 11.4 Å². The molecule has 1 amide bonds. The number of anilines is 2. The topological polar surface area (TPSA) is 75.7 Å². The van der Waals surface area contributed by atoms with Gasteiger partial charge in [0.2, 0.25) is 0 Å². The Morgan fingerprint density at radius 2 is 1.96 bits per heavy atom. The fourth-order valence-corrected chi connectivity index (χ4v) is 4.62. The van der Waals surface area contributed by atoms with Gasteiger partial charge in [-0.1, -0.05) is 17.7 Å². The van der Waals surface area contributed by atoms with Gasteiger partial charge in [0.15, 0.2) is 0 Å². The van der Waals surface area contributed by atoms with Crippen molar-refractivity contribution >= 4 is 27.3 Å². The van der Waals surface area contributed by atoms with Gasteiger partial charge in [-0.3, -0.25) is 9.52 Å². The highest BCUT2D eigenvalue weighted by atomic mass is 32.2. The lowest BCUT2D eigenvalue weighted by molar-refractivity contribution is -0.127. The van der Waals surface area contributed by atoms with Gasteiger partial charge in [0.05, 0.1) is 4.90 Å². The van der Waals surface area contributed by atoms with Crippen LogP contribution in [0.25, 0.3) is 0 Å². The first-order valence-corrected chi connectivity index (χ1v) is 10.6. The largest absolute Gasteiger partial charge is 0.368 e. The van der Waals surface area contributed by atoms with Crippen molar-refractivity contribution in [2.75, 3.05) is 22.8 Å². The summed E-state index contributed by atoms with van der Waals surface area (Å²) in [7, 11) is -3.64. The number of fused-ring (bicyclic) bond motifs is 1. The number of ether oxygens (including phenoxy) is 1. The van der Waals surface area contributed by atoms with Gasteiger partial charge in [-0.25, -0.2) is 8.42 Å². The molecule has 1 unspecified atom stereocenters. The van der Waals surface area contributed by atoms with Crippen molar-refractivity contribution in [1.82, 2.24) is 0 Å². The SMILES string of the molecule is Cc1ccc(S(=O)(=O)Nc2ccc3c(c2)CCN3C(=O)C2CCCO2)cc1. The molecule has 0 aliphatic carbocycles. The summed E-state index contributed by atoms with van der Waals surface area (Å²) in [5, 5.41) is 0. The molecule has 0 aromatic heterocycles. The normalized spacial score (nSPS) is 19.1. The average molecular weight is 386 g/mol. The van der Waals surface area contributed by atoms with E-state index in [1.165, 1.54) is 0 Å². The molecule has 0 saturated carbocycles. The third kappa shape index (κ3) is 3.57. The third-order valence-corrected chi connectivity index (χ3v) is 6.43. The number of nitrogens with one attached hydrogen (secondary N) is 1. The van der Waals surface area contributed by atoms with E-state index >= 15 is 0 Å². The van der Waals surface area contributed by atoms with E-state index in [4.69, 9.17) is 4.74 Å². The Hall–Kier alpha value is -2.38. The number of carbonyl (C=O) groups excluding carboxylic acids is 1. The Balaban J connectivity index is 1.53. The maximum absolute atomic E-state index is 12.6. The van der Waals surface area contributed by atoms with Gasteiger partial charge >= 0.3 is 0 Å². The first kappa shape index (κ1) is 18.0. The number of hydrogen-bond acceptors (Lipinski definition) is 4. The number of aryl methyl sites for hydroxylation is 1. The molecule has 142 valence electrons. The number of sulfonamides is 1. The van der Waals surface area contributed by atoms with Crippen molar-refractivity contribution in [3.05, 3.63) is 53.6 Å². The monoisotopic (exact) mass is 386 g/mol. The van der Waals surface area contributed by atoms with Crippen LogP contribution in [0.5, 0.6) is 0 Å². The number of amides is 1. The van der Waals surface area contributed by atoms with Crippen molar-refractivity contribution in [2.24, 2.45) is 0 Å². The van der Waals surface area contributed by atoms with Crippen molar-refractivity contribution in [3.63, 3.8) is 0 Å². The second-order valence-corrected chi connectivity index (χ2v) is 8.69. The van der Waals surface area contributed by atoms with Gasteiger partial charge in [-0.2, -0.15) is 0 Å². The number of benzene rings is 2. The van der Waals surface area contributed by atoms with E-state index in [0.717, 1.165) is 29.7 Å². The van der Waals surface area contributed by atoms with E-state index < -0.39 is 10.0 Å². The minimum atomic E-state index is -3.64. The zero-order chi connectivity index (χ0) is 19.0. The lowest BCUT2D eigenvalue weighted by Gasteiger charge is -2.21. The maximum atomic E-state index is 12.6. The first-order valence-electron chi connectivity index (χ1n) is 9.09. The minimum Gasteiger partial charge on any atom is -0.368 e. The fourth-order valence-electron chi connectivity index (χ4n) is 3.57. The molecule has 7 heteroatoms. The minimum absolute atomic E-state index is 0.000707. The van der Waals surface area contributed by atoms with E-state index in [9.17, 15) is 13.2 Å². The molecule has 0 radical (unpaired) electrons. The number of carbonyl (C=O) groups is 1. The summed E-state index contributed by atoms with van der Waals surface area (Å²) in [6.07, 6.45) is 2.03. The molecule has 1 saturated heterocycles. The summed E-state index contributed by atoms with van der Waals surface area (Å²) in [6, 6.07) is 12.0. The van der Waals surface area contributed by atoms with Crippen LogP contribution in [0.1, 0.15) is 24.0 Å². The van der Waals surface area contributed by atoms with Crippen LogP contribution >= 0.6 is 0 Å². The predicted octanol–water partition coefficient (Wildman–Crippen LogP) is 2.86. The Morgan fingerprint density at radius 3 is 2.67 bits per heavy atom. The molecule has 2 heterocycles. The standard InChI is InChI=1S/C20H22N2O4S/c1-14-4-7-17(8-5-14)27(24,25)21-16-6-9-18-15(13-16)10-11-22(18)20(23)19-3-2-12-26-19/h4-9,13,19,21H,2-3,10-12H2,1H3. The summed E-state index contributed by atoms with van der Waals surface area (Å²) < 4.78 is 33.3. The summed E-state index contributed by atoms with van der Waals surface area (Å²) in [5.41, 5.74) is 3.31. The molecule has 1 fully saturated rings. The average Bonchev–Trinajstić information content (AvgIpc) is 3.31. The highest BCUT2D eigenvalue weighted by Crippen LogP contribution is 2.32. The van der Waals surface area contributed by atoms with Crippen LogP contribution in [0.2, 0.25) is 0 Å². The van der Waals surface area contributed by atoms with Gasteiger partial charge in [0, 0.05) is 24.5 Å². The fraction of sp³-hybridized carbons (Fsp3) is 0.350. The van der Waals surface area contributed by atoms with E-state index in [0.29, 0.717) is 25.3 Å². The molecular formula is C20H22N2O4S. The van der Waals surface area contributed by atoms with Gasteiger partial charge in [-0.15, -0.1) is 0 Å². The molecule has 2 aromatic carbocycles. The zero-order valence-electron chi connectivity index (χ0n) is 15.1. The van der Waals surface area contributed by atoms with Gasteiger partial charge in [-0.05, 0) is 62.1 Å². The molecular weight excluding hydrogens is 364 g/mol. The second-order valence-electron chi connectivity index (χ2n) is 7.00. The first-order chi connectivity index (χ1) is 12.9. The molecule has 0 spiro atoms. The van der Waals surface area contributed by atoms with E-state index in [1.54, 1.807) is 35.2 Å². The Labute approximate surface area is 159 Å². The van der Waals surface area contributed by atoms with Crippen LogP contribution in [0.3, 0.4) is 0 Å². The molecule has 2 aliphatic rings. The maximum Gasteiger partial charge on any atom is 0.261 e. The molecule has 2 aromatic rings. The summed E-state index contributed by atoms with van der Waals surface area (Å²) in [5.74, 6) is -0.000707. The molecule has 27 heavy (non-hydrogen) atoms. The van der Waals surface area contributed by atoms with Crippen LogP contribution in [-0.2, 0) is 26.0 Å². The second kappa shape index (κ2) is 6.98. The lowest BCUT2D eigenvalue weighted by atomic mass is 10.1. The lowest BCUT2D eigenvalue weighted by Crippen LogP contribution is -2.37. The molecule has 2 aliphatic heterocycles. The van der Waals surface area contributed by atoms with Crippen LogP contribution in [0.15, 0.2) is 47.4 Å². The summed E-state index contributed by atoms with van der Waals surface area (Å²) in [4.78, 5) is 14.6. The molecule has 6 nitrogen and oxygen atoms in total. The van der Waals surface area contributed by atoms with E-state index in [-0.39, 0.29) is 16.9 Å². The molecule has 1 atom stereocenters. The van der Waals surface area contributed by atoms with E-state index in [2.05, 4.69) is 4.72 Å². The van der Waals surface area contributed by atoms with Gasteiger partial charge in [0.25, 0.3) is 15.9 Å². The van der Waals surface area contributed by atoms with Gasteiger partial charge in [0.1, 0.15) is 6.10 Å². The number of rotatable bonds is 4. The number of hydrogen-bond donors (Lipinski definition) is 1. The highest BCUT2D eigenvalue weighted by Gasteiger charge is 2.32. The highest BCUT2D eigenvalue weighted by molar-refractivity contribution is 7.92. The number of nitrogens with zero attached hydrogens (tertiary/aromatic N) is 1. The molecule has 4 rings (SSSR count). The Kier molecular flexibility index (Phi) is 4.65. The van der Waals surface area contributed by atoms with Crippen molar-refractivity contribution in [3.8, 4) is 0 Å². The van der Waals surface area contributed by atoms with Crippen molar-refractivity contribution in [1.29, 1.82) is 0 Å². The predicted molar refractivity (Wildman–Crippen MR) is 103 cm³/mol. The van der Waals surface area contributed by atoms with Crippen molar-refractivity contribution in [2.45, 2.75) is 37.2 Å². The molecule has 0 bridgehead atoms. The van der Waals surface area contributed by atoms with Crippen LogP contribution in [0, 0.1) is 6.92 Å². The third-order valence-electron chi connectivity index (χ3n) is 5.03. The Morgan fingerprint density at radius 1 is 1.19 bits per heavy atom. The summed E-state index contributed by atoms with van der Waals surface area (Å²) >= 11 is 0. The van der Waals surface area contributed by atoms with Crippen molar-refractivity contribution < 1.29 is 17.9 Å². The Bertz CT molecular complexity index is 964.